The van der Waals surface area contributed by atoms with Crippen LogP contribution >= 0.6 is 11.3 Å². The lowest BCUT2D eigenvalue weighted by Crippen LogP contribution is -2.43. The Hall–Kier alpha value is -1.99. The highest BCUT2D eigenvalue weighted by Gasteiger charge is 2.30. The first-order chi connectivity index (χ1) is 13.0. The molecule has 1 aromatic carbocycles. The zero-order chi connectivity index (χ0) is 19.4. The van der Waals surface area contributed by atoms with E-state index in [1.807, 2.05) is 16.8 Å². The van der Waals surface area contributed by atoms with E-state index in [0.29, 0.717) is 13.1 Å². The Bertz CT molecular complexity index is 764. The number of nitrogens with zero attached hydrogens (tertiary/aromatic N) is 2. The number of carbonyl (C=O) groups is 1. The van der Waals surface area contributed by atoms with Gasteiger partial charge < -0.3 is 9.64 Å². The number of ether oxygens (including phenoxy) is 1. The van der Waals surface area contributed by atoms with Crippen LogP contribution in [0.3, 0.4) is 0 Å². The van der Waals surface area contributed by atoms with E-state index in [-0.39, 0.29) is 17.7 Å². The zero-order valence-electron chi connectivity index (χ0n) is 15.5. The van der Waals surface area contributed by atoms with E-state index in [2.05, 4.69) is 23.1 Å². The molecule has 1 atom stereocenters. The van der Waals surface area contributed by atoms with Gasteiger partial charge in [0, 0.05) is 18.0 Å². The molecule has 1 aliphatic heterocycles. The molecule has 0 fully saturated rings. The molecule has 0 radical (unpaired) electrons. The van der Waals surface area contributed by atoms with E-state index in [1.54, 1.807) is 23.5 Å². The predicted molar refractivity (Wildman–Crippen MR) is 102 cm³/mol. The van der Waals surface area contributed by atoms with Crippen molar-refractivity contribution in [2.75, 3.05) is 20.1 Å². The smallest absolute Gasteiger partial charge is 0.387 e. The topological polar surface area (TPSA) is 32.8 Å². The summed E-state index contributed by atoms with van der Waals surface area (Å²) in [6.07, 6.45) is 1.83. The molecular weight excluding hydrogens is 370 g/mol. The molecule has 0 saturated carbocycles. The minimum absolute atomic E-state index is 0.124. The first-order valence-electron chi connectivity index (χ1n) is 9.06. The fourth-order valence-corrected chi connectivity index (χ4v) is 4.53. The monoisotopic (exact) mass is 394 g/mol. The van der Waals surface area contributed by atoms with Crippen molar-refractivity contribution in [3.8, 4) is 5.75 Å². The maximum Gasteiger partial charge on any atom is 0.387 e. The normalized spacial score (nSPS) is 16.7. The highest BCUT2D eigenvalue weighted by atomic mass is 32.1. The van der Waals surface area contributed by atoms with Crippen molar-refractivity contribution in [3.05, 3.63) is 51.7 Å². The number of thiophene rings is 1. The molecule has 4 nitrogen and oxygen atoms in total. The average Bonchev–Trinajstić information content (AvgIpc) is 3.10. The molecule has 27 heavy (non-hydrogen) atoms. The molecule has 0 bridgehead atoms. The van der Waals surface area contributed by atoms with Gasteiger partial charge in [0.05, 0.1) is 12.6 Å². The predicted octanol–water partition coefficient (Wildman–Crippen LogP) is 4.32. The van der Waals surface area contributed by atoms with Crippen molar-refractivity contribution >= 4 is 17.2 Å². The van der Waals surface area contributed by atoms with Gasteiger partial charge in [-0.3, -0.25) is 9.69 Å². The van der Waals surface area contributed by atoms with E-state index in [1.165, 1.54) is 22.6 Å². The van der Waals surface area contributed by atoms with E-state index in [9.17, 15) is 13.6 Å². The highest BCUT2D eigenvalue weighted by molar-refractivity contribution is 7.10. The number of halogens is 2. The molecule has 0 spiro atoms. The van der Waals surface area contributed by atoms with Crippen molar-refractivity contribution in [2.24, 2.45) is 0 Å². The Kier molecular flexibility index (Phi) is 6.44. The van der Waals surface area contributed by atoms with Crippen LogP contribution < -0.4 is 4.74 Å². The van der Waals surface area contributed by atoms with Gasteiger partial charge in [-0.25, -0.2) is 0 Å². The maximum absolute atomic E-state index is 12.9. The number of rotatable bonds is 7. The van der Waals surface area contributed by atoms with Crippen LogP contribution in [0.25, 0.3) is 0 Å². The third-order valence-corrected chi connectivity index (χ3v) is 5.80. The van der Waals surface area contributed by atoms with Crippen molar-refractivity contribution in [2.45, 2.75) is 39.0 Å². The molecule has 7 heteroatoms. The SMILES string of the molecule is CCC1c2ccsc2CCN1C(=O)CN(C)Cc1ccc(OC(F)F)cc1. The molecule has 1 amide bonds. The summed E-state index contributed by atoms with van der Waals surface area (Å²) in [6, 6.07) is 8.82. The molecule has 2 heterocycles. The van der Waals surface area contributed by atoms with E-state index in [4.69, 9.17) is 0 Å². The summed E-state index contributed by atoms with van der Waals surface area (Å²) in [5, 5.41) is 2.11. The Labute approximate surface area is 162 Å². The Morgan fingerprint density at radius 1 is 1.33 bits per heavy atom. The van der Waals surface area contributed by atoms with Gasteiger partial charge in [0.25, 0.3) is 0 Å². The van der Waals surface area contributed by atoms with Crippen LogP contribution in [0.1, 0.15) is 35.4 Å². The Balaban J connectivity index is 1.57. The Morgan fingerprint density at radius 2 is 2.07 bits per heavy atom. The summed E-state index contributed by atoms with van der Waals surface area (Å²) < 4.78 is 28.8. The first kappa shape index (κ1) is 19.8. The van der Waals surface area contributed by atoms with Crippen molar-refractivity contribution in [1.29, 1.82) is 0 Å². The van der Waals surface area contributed by atoms with Gasteiger partial charge in [0.2, 0.25) is 5.91 Å². The summed E-state index contributed by atoms with van der Waals surface area (Å²) >= 11 is 1.77. The maximum atomic E-state index is 12.9. The number of hydrogen-bond acceptors (Lipinski definition) is 4. The van der Waals surface area contributed by atoms with Gasteiger partial charge in [-0.05, 0) is 54.6 Å². The summed E-state index contributed by atoms with van der Waals surface area (Å²) in [5.74, 6) is 0.261. The van der Waals surface area contributed by atoms with Crippen LogP contribution in [0.2, 0.25) is 0 Å². The van der Waals surface area contributed by atoms with Gasteiger partial charge in [-0.2, -0.15) is 8.78 Å². The lowest BCUT2D eigenvalue weighted by molar-refractivity contribution is -0.135. The first-order valence-corrected chi connectivity index (χ1v) is 9.94. The molecule has 1 unspecified atom stereocenters. The zero-order valence-corrected chi connectivity index (χ0v) is 16.3. The fourth-order valence-electron chi connectivity index (χ4n) is 3.60. The molecule has 0 aliphatic carbocycles. The third-order valence-electron chi connectivity index (χ3n) is 4.81. The van der Waals surface area contributed by atoms with E-state index < -0.39 is 6.61 Å². The van der Waals surface area contributed by atoms with Crippen LogP contribution in [0, 0.1) is 0 Å². The summed E-state index contributed by atoms with van der Waals surface area (Å²) in [7, 11) is 1.89. The van der Waals surface area contributed by atoms with Crippen LogP contribution in [-0.2, 0) is 17.8 Å². The van der Waals surface area contributed by atoms with Gasteiger partial charge in [0.1, 0.15) is 5.75 Å². The van der Waals surface area contributed by atoms with Crippen molar-refractivity contribution < 1.29 is 18.3 Å². The molecular formula is C20H24F2N2O2S. The second kappa shape index (κ2) is 8.80. The van der Waals surface area contributed by atoms with Crippen LogP contribution in [-0.4, -0.2) is 42.5 Å². The minimum Gasteiger partial charge on any atom is -0.435 e. The second-order valence-electron chi connectivity index (χ2n) is 6.76. The fraction of sp³-hybridized carbons (Fsp3) is 0.450. The number of hydrogen-bond donors (Lipinski definition) is 0. The molecule has 0 saturated heterocycles. The number of amides is 1. The second-order valence-corrected chi connectivity index (χ2v) is 7.76. The van der Waals surface area contributed by atoms with E-state index in [0.717, 1.165) is 24.9 Å². The standard InChI is InChI=1S/C20H24F2N2O2S/c1-3-17-16-9-11-27-18(16)8-10-24(17)19(25)13-23(2)12-14-4-6-15(7-5-14)26-20(21)22/h4-7,9,11,17,20H,3,8,10,12-13H2,1-2H3. The number of benzene rings is 1. The van der Waals surface area contributed by atoms with Crippen LogP contribution in [0.15, 0.2) is 35.7 Å². The number of likely N-dealkylation sites (N-methyl/N-ethyl adjacent to an activating group) is 1. The number of fused-ring (bicyclic) bond motifs is 1. The minimum atomic E-state index is -2.82. The largest absolute Gasteiger partial charge is 0.435 e. The van der Waals surface area contributed by atoms with Crippen LogP contribution in [0.5, 0.6) is 5.75 Å². The summed E-state index contributed by atoms with van der Waals surface area (Å²) in [6.45, 7) is 0.944. The molecule has 2 aromatic rings. The average molecular weight is 394 g/mol. The summed E-state index contributed by atoms with van der Waals surface area (Å²) in [4.78, 5) is 18.2. The number of alkyl halides is 2. The lowest BCUT2D eigenvalue weighted by Gasteiger charge is -2.36. The molecule has 3 rings (SSSR count). The lowest BCUT2D eigenvalue weighted by atomic mass is 9.97. The molecule has 1 aromatic heterocycles. The quantitative estimate of drug-likeness (QED) is 0.701. The van der Waals surface area contributed by atoms with Crippen molar-refractivity contribution in [1.82, 2.24) is 9.80 Å². The van der Waals surface area contributed by atoms with Gasteiger partial charge in [0.15, 0.2) is 0 Å². The highest BCUT2D eigenvalue weighted by Crippen LogP contribution is 2.35. The Morgan fingerprint density at radius 3 is 2.74 bits per heavy atom. The molecule has 1 aliphatic rings. The molecule has 146 valence electrons. The van der Waals surface area contributed by atoms with Gasteiger partial charge in [-0.1, -0.05) is 19.1 Å². The van der Waals surface area contributed by atoms with Gasteiger partial charge >= 0.3 is 6.61 Å². The third kappa shape index (κ3) is 4.84. The summed E-state index contributed by atoms with van der Waals surface area (Å²) in [5.41, 5.74) is 2.23. The van der Waals surface area contributed by atoms with Crippen molar-refractivity contribution in [3.63, 3.8) is 0 Å². The van der Waals surface area contributed by atoms with Crippen LogP contribution in [0.4, 0.5) is 8.78 Å². The number of carbonyl (C=O) groups excluding carboxylic acids is 1. The molecule has 0 N–H and O–H groups in total. The van der Waals surface area contributed by atoms with Gasteiger partial charge in [-0.15, -0.1) is 11.3 Å². The van der Waals surface area contributed by atoms with E-state index >= 15 is 0 Å².